The predicted molar refractivity (Wildman–Crippen MR) is 92.9 cm³/mol. The molecule has 2 N–H and O–H groups in total. The van der Waals surface area contributed by atoms with Crippen molar-refractivity contribution in [3.05, 3.63) is 58.6 Å². The van der Waals surface area contributed by atoms with E-state index in [4.69, 9.17) is 16.3 Å². The number of rotatable bonds is 5. The first-order valence-corrected chi connectivity index (χ1v) is 7.55. The number of phenols is 1. The third-order valence-electron chi connectivity index (χ3n) is 3.06. The number of nitrogens with zero attached hydrogens (tertiary/aromatic N) is 1. The van der Waals surface area contributed by atoms with Gasteiger partial charge in [-0.1, -0.05) is 17.7 Å². The molecule has 0 aliphatic rings. The molecule has 0 heterocycles. The van der Waals surface area contributed by atoms with E-state index in [1.807, 2.05) is 6.07 Å². The second-order valence-electron chi connectivity index (χ2n) is 4.79. The predicted octanol–water partition coefficient (Wildman–Crippen LogP) is 3.99. The third kappa shape index (κ3) is 4.51. The number of hydrogen-bond donors (Lipinski definition) is 2. The number of hydrogen-bond acceptors (Lipinski definition) is 4. The largest absolute Gasteiger partial charge is 0.504 e. The lowest BCUT2D eigenvalue weighted by molar-refractivity contribution is -0.112. The summed E-state index contributed by atoms with van der Waals surface area (Å²) in [6.45, 7) is 2.19. The Morgan fingerprint density at radius 2 is 2.04 bits per heavy atom. The summed E-state index contributed by atoms with van der Waals surface area (Å²) >= 11 is 5.79. The molecule has 0 aliphatic carbocycles. The van der Waals surface area contributed by atoms with Gasteiger partial charge in [0.1, 0.15) is 11.6 Å². The van der Waals surface area contributed by atoms with Gasteiger partial charge >= 0.3 is 0 Å². The lowest BCUT2D eigenvalue weighted by Gasteiger charge is -2.07. The molecule has 2 aromatic rings. The standard InChI is InChI=1S/C18H15ClN2O3/c1-2-24-17-10-12(3-8-16(17)22)9-13(11-20)18(23)21-15-6-4-14(19)5-7-15/h3-10,22H,2H2,1H3,(H,21,23). The molecule has 2 aromatic carbocycles. The molecular formula is C18H15ClN2O3. The van der Waals surface area contributed by atoms with E-state index in [2.05, 4.69) is 5.32 Å². The Morgan fingerprint density at radius 1 is 1.33 bits per heavy atom. The van der Waals surface area contributed by atoms with Gasteiger partial charge in [-0.05, 0) is 55.0 Å². The van der Waals surface area contributed by atoms with Crippen LogP contribution < -0.4 is 10.1 Å². The van der Waals surface area contributed by atoms with Gasteiger partial charge in [0.25, 0.3) is 5.91 Å². The van der Waals surface area contributed by atoms with Crippen LogP contribution in [-0.2, 0) is 4.79 Å². The number of halogens is 1. The molecule has 0 fully saturated rings. The average molecular weight is 343 g/mol. The number of carbonyl (C=O) groups is 1. The van der Waals surface area contributed by atoms with E-state index in [0.29, 0.717) is 28.6 Å². The van der Waals surface area contributed by atoms with Crippen molar-refractivity contribution in [2.75, 3.05) is 11.9 Å². The maximum Gasteiger partial charge on any atom is 0.266 e. The van der Waals surface area contributed by atoms with Crippen LogP contribution in [0.25, 0.3) is 6.08 Å². The summed E-state index contributed by atoms with van der Waals surface area (Å²) < 4.78 is 5.28. The van der Waals surface area contributed by atoms with Crippen LogP contribution in [-0.4, -0.2) is 17.6 Å². The van der Waals surface area contributed by atoms with Crippen LogP contribution in [0.2, 0.25) is 5.02 Å². The minimum Gasteiger partial charge on any atom is -0.504 e. The summed E-state index contributed by atoms with van der Waals surface area (Å²) in [4.78, 5) is 12.2. The Labute approximate surface area is 144 Å². The highest BCUT2D eigenvalue weighted by atomic mass is 35.5. The number of nitriles is 1. The number of amides is 1. The van der Waals surface area contributed by atoms with Gasteiger partial charge in [0, 0.05) is 10.7 Å². The van der Waals surface area contributed by atoms with Crippen LogP contribution >= 0.6 is 11.6 Å². The molecule has 0 aromatic heterocycles. The number of carbonyl (C=O) groups excluding carboxylic acids is 1. The third-order valence-corrected chi connectivity index (χ3v) is 3.31. The molecule has 1 amide bonds. The minimum atomic E-state index is -0.536. The van der Waals surface area contributed by atoms with E-state index >= 15 is 0 Å². The van der Waals surface area contributed by atoms with Crippen molar-refractivity contribution in [3.8, 4) is 17.6 Å². The molecular weight excluding hydrogens is 328 g/mol. The maximum absolute atomic E-state index is 12.2. The summed E-state index contributed by atoms with van der Waals surface area (Å²) in [5.74, 6) is -0.245. The molecule has 24 heavy (non-hydrogen) atoms. The van der Waals surface area contributed by atoms with Crippen molar-refractivity contribution < 1.29 is 14.6 Å². The lowest BCUT2D eigenvalue weighted by atomic mass is 10.1. The molecule has 122 valence electrons. The van der Waals surface area contributed by atoms with Gasteiger partial charge in [-0.15, -0.1) is 0 Å². The second kappa shape index (κ2) is 8.04. The molecule has 0 saturated heterocycles. The van der Waals surface area contributed by atoms with E-state index < -0.39 is 5.91 Å². The van der Waals surface area contributed by atoms with Crippen molar-refractivity contribution >= 4 is 29.3 Å². The molecule has 0 atom stereocenters. The van der Waals surface area contributed by atoms with Gasteiger partial charge in [-0.3, -0.25) is 4.79 Å². The summed E-state index contributed by atoms with van der Waals surface area (Å²) in [6.07, 6.45) is 1.42. The fraction of sp³-hybridized carbons (Fsp3) is 0.111. The van der Waals surface area contributed by atoms with Crippen LogP contribution in [0.15, 0.2) is 48.0 Å². The normalized spacial score (nSPS) is 10.8. The summed E-state index contributed by atoms with van der Waals surface area (Å²) in [6, 6.07) is 13.0. The molecule has 0 saturated carbocycles. The first kappa shape index (κ1) is 17.4. The van der Waals surface area contributed by atoms with Gasteiger partial charge in [-0.2, -0.15) is 5.26 Å². The van der Waals surface area contributed by atoms with Gasteiger partial charge in [0.05, 0.1) is 6.61 Å². The van der Waals surface area contributed by atoms with Gasteiger partial charge in [0.2, 0.25) is 0 Å². The Kier molecular flexibility index (Phi) is 5.83. The van der Waals surface area contributed by atoms with E-state index in [1.54, 1.807) is 43.3 Å². The Balaban J connectivity index is 2.22. The van der Waals surface area contributed by atoms with E-state index in [1.165, 1.54) is 12.1 Å². The number of anilines is 1. The maximum atomic E-state index is 12.2. The molecule has 2 rings (SSSR count). The highest BCUT2D eigenvalue weighted by Gasteiger charge is 2.10. The quantitative estimate of drug-likeness (QED) is 0.635. The van der Waals surface area contributed by atoms with E-state index in [0.717, 1.165) is 0 Å². The fourth-order valence-corrected chi connectivity index (χ4v) is 2.06. The molecule has 0 radical (unpaired) electrons. The smallest absolute Gasteiger partial charge is 0.266 e. The number of benzene rings is 2. The topological polar surface area (TPSA) is 82.3 Å². The zero-order valence-corrected chi connectivity index (χ0v) is 13.7. The van der Waals surface area contributed by atoms with Crippen LogP contribution in [0.4, 0.5) is 5.69 Å². The second-order valence-corrected chi connectivity index (χ2v) is 5.23. The molecule has 0 unspecified atom stereocenters. The SMILES string of the molecule is CCOc1cc(C=C(C#N)C(=O)Nc2ccc(Cl)cc2)ccc1O. The highest BCUT2D eigenvalue weighted by Crippen LogP contribution is 2.27. The average Bonchev–Trinajstić information content (AvgIpc) is 2.57. The number of nitrogens with one attached hydrogen (secondary N) is 1. The van der Waals surface area contributed by atoms with Crippen LogP contribution in [0.1, 0.15) is 12.5 Å². The number of aromatic hydroxyl groups is 1. The van der Waals surface area contributed by atoms with Crippen molar-refractivity contribution in [1.29, 1.82) is 5.26 Å². The summed E-state index contributed by atoms with van der Waals surface area (Å²) in [7, 11) is 0. The first-order valence-electron chi connectivity index (χ1n) is 7.18. The Morgan fingerprint density at radius 3 is 2.67 bits per heavy atom. The number of ether oxygens (including phenoxy) is 1. The Hall–Kier alpha value is -2.97. The minimum absolute atomic E-state index is 0.00174. The molecule has 0 aliphatic heterocycles. The lowest BCUT2D eigenvalue weighted by Crippen LogP contribution is -2.13. The number of phenolic OH excluding ortho intramolecular Hbond substituents is 1. The summed E-state index contributed by atoms with van der Waals surface area (Å²) in [5.41, 5.74) is 1.03. The molecule has 5 nitrogen and oxygen atoms in total. The van der Waals surface area contributed by atoms with Crippen LogP contribution in [0.5, 0.6) is 11.5 Å². The first-order chi connectivity index (χ1) is 11.5. The molecule has 0 bridgehead atoms. The zero-order chi connectivity index (χ0) is 17.5. The highest BCUT2D eigenvalue weighted by molar-refractivity contribution is 6.30. The molecule has 0 spiro atoms. The van der Waals surface area contributed by atoms with Gasteiger partial charge in [0.15, 0.2) is 11.5 Å². The van der Waals surface area contributed by atoms with Crippen molar-refractivity contribution in [2.24, 2.45) is 0 Å². The van der Waals surface area contributed by atoms with E-state index in [9.17, 15) is 15.2 Å². The Bertz CT molecular complexity index is 808. The van der Waals surface area contributed by atoms with Crippen molar-refractivity contribution in [3.63, 3.8) is 0 Å². The molecule has 6 heteroatoms. The van der Waals surface area contributed by atoms with Crippen molar-refractivity contribution in [2.45, 2.75) is 6.92 Å². The van der Waals surface area contributed by atoms with Crippen LogP contribution in [0, 0.1) is 11.3 Å². The van der Waals surface area contributed by atoms with Gasteiger partial charge in [-0.25, -0.2) is 0 Å². The summed E-state index contributed by atoms with van der Waals surface area (Å²) in [5, 5.41) is 22.1. The van der Waals surface area contributed by atoms with E-state index in [-0.39, 0.29) is 11.3 Å². The zero-order valence-electron chi connectivity index (χ0n) is 12.9. The van der Waals surface area contributed by atoms with Gasteiger partial charge < -0.3 is 15.2 Å². The van der Waals surface area contributed by atoms with Crippen LogP contribution in [0.3, 0.4) is 0 Å². The fourth-order valence-electron chi connectivity index (χ4n) is 1.94. The van der Waals surface area contributed by atoms with Crippen molar-refractivity contribution in [1.82, 2.24) is 0 Å². The monoisotopic (exact) mass is 342 g/mol.